The maximum absolute atomic E-state index is 11.3. The van der Waals surface area contributed by atoms with Crippen LogP contribution in [0.1, 0.15) is 16.1 Å². The molecule has 24 heavy (non-hydrogen) atoms. The molecule has 0 spiro atoms. The average Bonchev–Trinajstić information content (AvgIpc) is 3.05. The molecule has 0 aromatic carbocycles. The van der Waals surface area contributed by atoms with Crippen LogP contribution in [0.4, 0.5) is 5.82 Å². The zero-order chi connectivity index (χ0) is 16.5. The molecular weight excluding hydrogens is 310 g/mol. The summed E-state index contributed by atoms with van der Waals surface area (Å²) < 4.78 is 1.38. The minimum Gasteiger partial charge on any atom is -0.476 e. The smallest absolute Gasteiger partial charge is 0.360 e. The van der Waals surface area contributed by atoms with E-state index < -0.39 is 5.97 Å². The van der Waals surface area contributed by atoms with Crippen LogP contribution in [0.5, 0.6) is 0 Å². The van der Waals surface area contributed by atoms with Crippen LogP contribution < -0.4 is 5.32 Å². The molecule has 0 radical (unpaired) electrons. The van der Waals surface area contributed by atoms with Crippen molar-refractivity contribution >= 4 is 28.3 Å². The molecule has 9 nitrogen and oxygen atoms in total. The monoisotopic (exact) mass is 321 g/mol. The Morgan fingerprint density at radius 3 is 2.88 bits per heavy atom. The molecule has 0 bridgehead atoms. The van der Waals surface area contributed by atoms with Crippen LogP contribution in [0, 0.1) is 0 Å². The molecule has 0 amide bonds. The van der Waals surface area contributed by atoms with Gasteiger partial charge in [0, 0.05) is 30.5 Å². The van der Waals surface area contributed by atoms with Crippen LogP contribution in [0.3, 0.4) is 0 Å². The van der Waals surface area contributed by atoms with Crippen molar-refractivity contribution < 1.29 is 9.90 Å². The Balaban J connectivity index is 1.85. The molecule has 2 N–H and O–H groups in total. The highest BCUT2D eigenvalue weighted by Crippen LogP contribution is 2.23. The number of carbonyl (C=O) groups is 1. The number of hydrogen-bond acceptors (Lipinski definition) is 7. The van der Waals surface area contributed by atoms with E-state index >= 15 is 0 Å². The highest BCUT2D eigenvalue weighted by molar-refractivity contribution is 5.96. The van der Waals surface area contributed by atoms with Crippen LogP contribution in [-0.2, 0) is 6.54 Å². The van der Waals surface area contributed by atoms with E-state index in [1.54, 1.807) is 30.9 Å². The summed E-state index contributed by atoms with van der Waals surface area (Å²) in [6.45, 7) is 0.498. The van der Waals surface area contributed by atoms with Crippen molar-refractivity contribution in [3.05, 3.63) is 54.2 Å². The maximum Gasteiger partial charge on any atom is 0.360 e. The Morgan fingerprint density at radius 2 is 2.08 bits per heavy atom. The molecule has 0 saturated carbocycles. The second-order valence-corrected chi connectivity index (χ2v) is 5.05. The molecule has 0 fully saturated rings. The zero-order valence-corrected chi connectivity index (χ0v) is 12.3. The van der Waals surface area contributed by atoms with E-state index in [0.717, 1.165) is 10.9 Å². The standard InChI is InChI=1S/C15H11N7O2/c23-15(24)12-14-19-13(18-7-9-2-1-4-16-6-9)10-3-5-17-8-11(10)22(14)21-20-12/h1-6,8H,7H2,(H,18,19)(H,23,24). The summed E-state index contributed by atoms with van der Waals surface area (Å²) in [4.78, 5) is 23.8. The Labute approximate surface area is 135 Å². The maximum atomic E-state index is 11.3. The SMILES string of the molecule is O=C(O)c1nnn2c1nc(NCc1cccnc1)c1ccncc12. The van der Waals surface area contributed by atoms with Gasteiger partial charge in [-0.15, -0.1) is 5.10 Å². The van der Waals surface area contributed by atoms with Crippen molar-refractivity contribution in [2.24, 2.45) is 0 Å². The molecular formula is C15H11N7O2. The predicted octanol–water partition coefficient (Wildman–Crippen LogP) is 1.38. The number of aromatic nitrogens is 6. The topological polar surface area (TPSA) is 118 Å². The Kier molecular flexibility index (Phi) is 3.23. The van der Waals surface area contributed by atoms with Crippen molar-refractivity contribution in [2.75, 3.05) is 5.32 Å². The van der Waals surface area contributed by atoms with Crippen molar-refractivity contribution in [2.45, 2.75) is 6.54 Å². The molecule has 118 valence electrons. The van der Waals surface area contributed by atoms with Crippen molar-refractivity contribution in [3.8, 4) is 0 Å². The van der Waals surface area contributed by atoms with Gasteiger partial charge in [-0.2, -0.15) is 4.52 Å². The largest absolute Gasteiger partial charge is 0.476 e. The van der Waals surface area contributed by atoms with Gasteiger partial charge in [0.15, 0.2) is 5.65 Å². The van der Waals surface area contributed by atoms with E-state index in [1.165, 1.54) is 4.52 Å². The Hall–Kier alpha value is -3.62. The van der Waals surface area contributed by atoms with E-state index in [9.17, 15) is 9.90 Å². The first kappa shape index (κ1) is 14.0. The lowest BCUT2D eigenvalue weighted by atomic mass is 10.2. The van der Waals surface area contributed by atoms with Crippen LogP contribution in [0.25, 0.3) is 16.6 Å². The summed E-state index contributed by atoms with van der Waals surface area (Å²) in [5.41, 5.74) is 1.56. The molecule has 0 atom stereocenters. The van der Waals surface area contributed by atoms with Gasteiger partial charge < -0.3 is 10.4 Å². The Bertz CT molecular complexity index is 1050. The quantitative estimate of drug-likeness (QED) is 0.578. The average molecular weight is 321 g/mol. The molecule has 4 heterocycles. The summed E-state index contributed by atoms with van der Waals surface area (Å²) in [5, 5.41) is 20.8. The number of nitrogens with one attached hydrogen (secondary N) is 1. The van der Waals surface area contributed by atoms with Gasteiger partial charge in [-0.05, 0) is 17.7 Å². The van der Waals surface area contributed by atoms with Crippen LogP contribution >= 0.6 is 0 Å². The number of carboxylic acids is 1. The number of carboxylic acid groups (broad SMARTS) is 1. The lowest BCUT2D eigenvalue weighted by molar-refractivity contribution is 0.0692. The van der Waals surface area contributed by atoms with Gasteiger partial charge >= 0.3 is 5.97 Å². The highest BCUT2D eigenvalue weighted by Gasteiger charge is 2.18. The summed E-state index contributed by atoms with van der Waals surface area (Å²) in [6, 6.07) is 5.57. The Morgan fingerprint density at radius 1 is 1.21 bits per heavy atom. The van der Waals surface area contributed by atoms with E-state index in [1.807, 2.05) is 12.1 Å². The van der Waals surface area contributed by atoms with Gasteiger partial charge in [-0.1, -0.05) is 11.3 Å². The summed E-state index contributed by atoms with van der Waals surface area (Å²) in [5.74, 6) is -0.646. The van der Waals surface area contributed by atoms with Gasteiger partial charge in [0.1, 0.15) is 5.82 Å². The third-order valence-electron chi connectivity index (χ3n) is 3.53. The molecule has 0 aliphatic carbocycles. The number of fused-ring (bicyclic) bond motifs is 3. The molecule has 9 heteroatoms. The first-order chi connectivity index (χ1) is 11.7. The molecule has 4 aromatic rings. The van der Waals surface area contributed by atoms with E-state index in [0.29, 0.717) is 17.9 Å². The van der Waals surface area contributed by atoms with Gasteiger partial charge in [0.25, 0.3) is 0 Å². The molecule has 4 aromatic heterocycles. The number of hydrogen-bond donors (Lipinski definition) is 2. The third-order valence-corrected chi connectivity index (χ3v) is 3.53. The van der Waals surface area contributed by atoms with Gasteiger partial charge in [-0.25, -0.2) is 9.78 Å². The number of nitrogens with zero attached hydrogens (tertiary/aromatic N) is 6. The van der Waals surface area contributed by atoms with E-state index in [2.05, 4.69) is 30.6 Å². The fraction of sp³-hybridized carbons (Fsp3) is 0.0667. The first-order valence-corrected chi connectivity index (χ1v) is 7.09. The minimum absolute atomic E-state index is 0.164. The number of pyridine rings is 2. The van der Waals surface area contributed by atoms with Crippen LogP contribution in [-0.4, -0.2) is 40.9 Å². The number of anilines is 1. The van der Waals surface area contributed by atoms with Gasteiger partial charge in [0.05, 0.1) is 11.7 Å². The fourth-order valence-electron chi connectivity index (χ4n) is 2.42. The second-order valence-electron chi connectivity index (χ2n) is 5.05. The summed E-state index contributed by atoms with van der Waals surface area (Å²) >= 11 is 0. The molecule has 0 aliphatic heterocycles. The fourth-order valence-corrected chi connectivity index (χ4v) is 2.42. The predicted molar refractivity (Wildman–Crippen MR) is 84.6 cm³/mol. The van der Waals surface area contributed by atoms with E-state index in [-0.39, 0.29) is 11.3 Å². The third kappa shape index (κ3) is 2.28. The molecule has 0 unspecified atom stereocenters. The lowest BCUT2D eigenvalue weighted by Crippen LogP contribution is -2.06. The number of rotatable bonds is 4. The first-order valence-electron chi connectivity index (χ1n) is 7.09. The molecule has 4 rings (SSSR count). The van der Waals surface area contributed by atoms with Gasteiger partial charge in [0.2, 0.25) is 5.69 Å². The van der Waals surface area contributed by atoms with Crippen molar-refractivity contribution in [1.82, 2.24) is 29.8 Å². The van der Waals surface area contributed by atoms with Crippen molar-refractivity contribution in [3.63, 3.8) is 0 Å². The molecule has 0 saturated heterocycles. The van der Waals surface area contributed by atoms with Crippen LogP contribution in [0.2, 0.25) is 0 Å². The van der Waals surface area contributed by atoms with Crippen molar-refractivity contribution in [1.29, 1.82) is 0 Å². The number of aromatic carboxylic acids is 1. The van der Waals surface area contributed by atoms with Gasteiger partial charge in [-0.3, -0.25) is 9.97 Å². The molecule has 0 aliphatic rings. The summed E-state index contributed by atoms with van der Waals surface area (Å²) in [7, 11) is 0. The van der Waals surface area contributed by atoms with E-state index in [4.69, 9.17) is 0 Å². The minimum atomic E-state index is -1.18. The second kappa shape index (κ2) is 5.54. The zero-order valence-electron chi connectivity index (χ0n) is 12.3. The normalized spacial score (nSPS) is 11.0. The summed E-state index contributed by atoms with van der Waals surface area (Å²) in [6.07, 6.45) is 6.68. The highest BCUT2D eigenvalue weighted by atomic mass is 16.4. The van der Waals surface area contributed by atoms with Crippen LogP contribution in [0.15, 0.2) is 43.0 Å². The lowest BCUT2D eigenvalue weighted by Gasteiger charge is -2.09.